The van der Waals surface area contributed by atoms with Crippen LogP contribution in [0.2, 0.25) is 0 Å². The molecular weight excluding hydrogens is 138 g/mol. The fourth-order valence-corrected chi connectivity index (χ4v) is 0.846. The lowest BCUT2D eigenvalue weighted by atomic mass is 10.1. The predicted molar refractivity (Wildman–Crippen MR) is 47.1 cm³/mol. The lowest BCUT2D eigenvalue weighted by molar-refractivity contribution is -0.113. The second kappa shape index (κ2) is 7.32. The van der Waals surface area contributed by atoms with Gasteiger partial charge in [0.1, 0.15) is 0 Å². The number of nitrogens with two attached hydrogens (primary N) is 1. The average molecular weight is 156 g/mol. The zero-order chi connectivity index (χ0) is 9.40. The maximum Gasteiger partial charge on any atom is 0.241 e. The van der Waals surface area contributed by atoms with E-state index in [0.717, 1.165) is 12.8 Å². The first-order valence-electron chi connectivity index (χ1n) is 4.65. The molecule has 0 heterocycles. The largest absolute Gasteiger partial charge is 0.366 e. The molecule has 2 N–H and O–H groups in total. The summed E-state index contributed by atoms with van der Waals surface area (Å²) in [5, 5.41) is 0. The summed E-state index contributed by atoms with van der Waals surface area (Å²) in [5.74, 6) is -0.634. The van der Waals surface area contributed by atoms with E-state index in [1.54, 1.807) is 6.08 Å². The van der Waals surface area contributed by atoms with Gasteiger partial charge >= 0.3 is 0 Å². The molecule has 0 aliphatic rings. The van der Waals surface area contributed by atoms with Gasteiger partial charge in [-0.3, -0.25) is 4.79 Å². The summed E-state index contributed by atoms with van der Waals surface area (Å²) in [6.07, 6.45) is 7.02. The highest BCUT2D eigenvalue weighted by atomic mass is 16.1. The zero-order valence-corrected chi connectivity index (χ0v) is 7.10. The fraction of sp³-hybridized carbons (Fsp3) is 0.667. The molecule has 0 aromatic rings. The molecule has 64 valence electrons. The van der Waals surface area contributed by atoms with Crippen molar-refractivity contribution >= 4 is 5.91 Å². The van der Waals surface area contributed by atoms with Crippen LogP contribution in [0.5, 0.6) is 0 Å². The van der Waals surface area contributed by atoms with E-state index in [2.05, 4.69) is 6.92 Å². The molecule has 1 amide bonds. The van der Waals surface area contributed by atoms with Crippen LogP contribution in [-0.2, 0) is 4.79 Å². The second-order valence-electron chi connectivity index (χ2n) is 2.56. The van der Waals surface area contributed by atoms with Crippen molar-refractivity contribution in [2.24, 2.45) is 5.73 Å². The molecule has 0 saturated heterocycles. The van der Waals surface area contributed by atoms with Crippen molar-refractivity contribution in [1.29, 1.82) is 0 Å². The van der Waals surface area contributed by atoms with Crippen LogP contribution >= 0.6 is 0 Å². The molecule has 0 radical (unpaired) electrons. The smallest absolute Gasteiger partial charge is 0.241 e. The maximum absolute atomic E-state index is 10.4. The number of unbranched alkanes of at least 4 members (excludes halogenated alkanes) is 4. The molecule has 0 rings (SSSR count). The van der Waals surface area contributed by atoms with Crippen LogP contribution < -0.4 is 5.73 Å². The Morgan fingerprint density at radius 1 is 1.55 bits per heavy atom. The molecule has 0 spiro atoms. The Morgan fingerprint density at radius 3 is 2.82 bits per heavy atom. The highest BCUT2D eigenvalue weighted by molar-refractivity contribution is 5.85. The number of hydrogen-bond acceptors (Lipinski definition) is 1. The van der Waals surface area contributed by atoms with Crippen LogP contribution in [0.3, 0.4) is 0 Å². The molecule has 0 fully saturated rings. The van der Waals surface area contributed by atoms with Crippen molar-refractivity contribution in [3.8, 4) is 0 Å². The van der Waals surface area contributed by atoms with Gasteiger partial charge in [0, 0.05) is 0 Å². The summed E-state index contributed by atoms with van der Waals surface area (Å²) in [6.45, 7) is 2.15. The van der Waals surface area contributed by atoms with E-state index < -0.39 is 5.91 Å². The highest BCUT2D eigenvalue weighted by Crippen LogP contribution is 2.02. The molecule has 0 bridgehead atoms. The minimum Gasteiger partial charge on any atom is -0.366 e. The van der Waals surface area contributed by atoms with Gasteiger partial charge < -0.3 is 5.73 Å². The first-order valence-corrected chi connectivity index (χ1v) is 4.15. The molecule has 0 aliphatic heterocycles. The third-order valence-electron chi connectivity index (χ3n) is 1.45. The molecule has 2 nitrogen and oxygen atoms in total. The Hall–Kier alpha value is -0.790. The summed E-state index contributed by atoms with van der Waals surface area (Å²) < 4.78 is 7.09. The monoisotopic (exact) mass is 156 g/mol. The standard InChI is InChI=1S/C9H17NO/c1-2-3-4-5-6-7-8-9(10)11/h7-8H,2-6H2,1H3,(H2,10,11)/b8-7+/i8D. The molecular formula is C9H17NO. The Bertz CT molecular complexity index is 166. The number of amides is 1. The minimum atomic E-state index is -0.634. The summed E-state index contributed by atoms with van der Waals surface area (Å²) in [4.78, 5) is 10.4. The lowest BCUT2D eigenvalue weighted by Crippen LogP contribution is -2.05. The fourth-order valence-electron chi connectivity index (χ4n) is 0.846. The van der Waals surface area contributed by atoms with Crippen molar-refractivity contribution in [1.82, 2.24) is 0 Å². The van der Waals surface area contributed by atoms with Gasteiger partial charge in [0.2, 0.25) is 5.91 Å². The molecule has 0 saturated carbocycles. The molecule has 0 aliphatic carbocycles. The van der Waals surface area contributed by atoms with Crippen LogP contribution in [0.4, 0.5) is 0 Å². The SMILES string of the molecule is [2H]/C(=C\CCCCCC)C(N)=O. The topological polar surface area (TPSA) is 43.1 Å². The summed E-state index contributed by atoms with van der Waals surface area (Å²) in [5.41, 5.74) is 4.88. The molecule has 0 aromatic carbocycles. The number of allylic oxidation sites excluding steroid dienone is 1. The van der Waals surface area contributed by atoms with E-state index in [9.17, 15) is 4.79 Å². The maximum atomic E-state index is 10.4. The van der Waals surface area contributed by atoms with Crippen molar-refractivity contribution < 1.29 is 6.17 Å². The van der Waals surface area contributed by atoms with Crippen LogP contribution in [-0.4, -0.2) is 5.91 Å². The van der Waals surface area contributed by atoms with Crippen LogP contribution in [0, 0.1) is 0 Å². The molecule has 0 unspecified atom stereocenters. The van der Waals surface area contributed by atoms with Crippen LogP contribution in [0.15, 0.2) is 12.1 Å². The third-order valence-corrected chi connectivity index (χ3v) is 1.45. The van der Waals surface area contributed by atoms with E-state index >= 15 is 0 Å². The normalized spacial score (nSPS) is 12.8. The van der Waals surface area contributed by atoms with Gasteiger partial charge in [-0.1, -0.05) is 32.3 Å². The summed E-state index contributed by atoms with van der Waals surface area (Å²) >= 11 is 0. The average Bonchev–Trinajstić information content (AvgIpc) is 2.03. The summed E-state index contributed by atoms with van der Waals surface area (Å²) in [7, 11) is 0. The zero-order valence-electron chi connectivity index (χ0n) is 8.10. The van der Waals surface area contributed by atoms with Gasteiger partial charge in [0.05, 0.1) is 1.37 Å². The van der Waals surface area contributed by atoms with Crippen molar-refractivity contribution in [2.75, 3.05) is 0 Å². The Morgan fingerprint density at radius 2 is 2.27 bits per heavy atom. The summed E-state index contributed by atoms with van der Waals surface area (Å²) in [6, 6.07) is -0.0634. The number of carbonyl (C=O) groups is 1. The molecule has 0 atom stereocenters. The van der Waals surface area contributed by atoms with E-state index in [1.165, 1.54) is 19.3 Å². The second-order valence-corrected chi connectivity index (χ2v) is 2.56. The van der Waals surface area contributed by atoms with Crippen molar-refractivity contribution in [3.05, 3.63) is 12.1 Å². The van der Waals surface area contributed by atoms with Gasteiger partial charge in [-0.15, -0.1) is 0 Å². The lowest BCUT2D eigenvalue weighted by Gasteiger charge is -1.92. The van der Waals surface area contributed by atoms with E-state index in [0.29, 0.717) is 0 Å². The Balaban J connectivity index is 3.40. The number of primary amides is 1. The van der Waals surface area contributed by atoms with E-state index in [1.807, 2.05) is 0 Å². The van der Waals surface area contributed by atoms with E-state index in [4.69, 9.17) is 7.10 Å². The van der Waals surface area contributed by atoms with Crippen molar-refractivity contribution in [2.45, 2.75) is 39.0 Å². The minimum absolute atomic E-state index is 0.0634. The van der Waals surface area contributed by atoms with Gasteiger partial charge in [0.25, 0.3) is 0 Å². The third kappa shape index (κ3) is 9.21. The van der Waals surface area contributed by atoms with Gasteiger partial charge in [-0.25, -0.2) is 0 Å². The Labute approximate surface area is 69.9 Å². The molecule has 2 heteroatoms. The van der Waals surface area contributed by atoms with Crippen molar-refractivity contribution in [3.63, 3.8) is 0 Å². The Kier molecular flexibility index (Phi) is 5.53. The number of rotatable bonds is 6. The van der Waals surface area contributed by atoms with Gasteiger partial charge in [-0.05, 0) is 18.9 Å². The predicted octanol–water partition coefficient (Wildman–Crippen LogP) is 2.00. The quantitative estimate of drug-likeness (QED) is 0.464. The molecule has 11 heavy (non-hydrogen) atoms. The van der Waals surface area contributed by atoms with Gasteiger partial charge in [0.15, 0.2) is 0 Å². The number of hydrogen-bond donors (Lipinski definition) is 1. The number of carbonyl (C=O) groups excluding carboxylic acids is 1. The van der Waals surface area contributed by atoms with E-state index in [-0.39, 0.29) is 6.05 Å². The first kappa shape index (κ1) is 8.31. The highest BCUT2D eigenvalue weighted by Gasteiger charge is 1.85. The first-order chi connectivity index (χ1) is 5.68. The van der Waals surface area contributed by atoms with Crippen LogP contribution in [0.25, 0.3) is 0 Å². The molecule has 0 aromatic heterocycles. The van der Waals surface area contributed by atoms with Gasteiger partial charge in [-0.2, -0.15) is 0 Å². The van der Waals surface area contributed by atoms with Crippen LogP contribution in [0.1, 0.15) is 40.4 Å².